The van der Waals surface area contributed by atoms with Crippen LogP contribution in [0.1, 0.15) is 18.5 Å². The van der Waals surface area contributed by atoms with Crippen LogP contribution in [-0.2, 0) is 0 Å². The topological polar surface area (TPSA) is 55.1 Å². The zero-order chi connectivity index (χ0) is 18.9. The van der Waals surface area contributed by atoms with Gasteiger partial charge in [-0.15, -0.1) is 16.4 Å². The molecule has 0 unspecified atom stereocenters. The van der Waals surface area contributed by atoms with Crippen LogP contribution in [0, 0.1) is 6.92 Å². The number of aromatic nitrogens is 3. The predicted octanol–water partition coefficient (Wildman–Crippen LogP) is 5.44. The predicted molar refractivity (Wildman–Crippen MR) is 112 cm³/mol. The number of thiazole rings is 1. The number of rotatable bonds is 4. The number of anilines is 1. The average molecular weight is 388 g/mol. The molecule has 4 aromatic rings. The van der Waals surface area contributed by atoms with E-state index in [9.17, 15) is 0 Å². The maximum atomic E-state index is 5.93. The van der Waals surface area contributed by atoms with E-state index in [1.165, 1.54) is 24.0 Å². The Balaban J connectivity index is 1.42. The number of hydrogen-bond donors (Lipinski definition) is 0. The molecule has 0 N–H and O–H groups in total. The van der Waals surface area contributed by atoms with Gasteiger partial charge in [-0.05, 0) is 30.9 Å². The van der Waals surface area contributed by atoms with Gasteiger partial charge in [0.1, 0.15) is 9.88 Å². The molecular weight excluding hydrogens is 368 g/mol. The molecular formula is C22H20N4OS. The van der Waals surface area contributed by atoms with Gasteiger partial charge in [0.15, 0.2) is 0 Å². The second kappa shape index (κ2) is 7.20. The summed E-state index contributed by atoms with van der Waals surface area (Å²) >= 11 is 1.60. The fourth-order valence-electron chi connectivity index (χ4n) is 3.50. The van der Waals surface area contributed by atoms with Gasteiger partial charge in [-0.25, -0.2) is 4.98 Å². The minimum Gasteiger partial charge on any atom is -0.402 e. The molecule has 0 radical (unpaired) electrons. The lowest BCUT2D eigenvalue weighted by atomic mass is 10.0. The van der Waals surface area contributed by atoms with Gasteiger partial charge in [-0.2, -0.15) is 0 Å². The summed E-state index contributed by atoms with van der Waals surface area (Å²) in [5, 5.41) is 9.46. The maximum Gasteiger partial charge on any atom is 0.318 e. The lowest BCUT2D eigenvalue weighted by molar-refractivity contribution is 0.558. The van der Waals surface area contributed by atoms with E-state index in [4.69, 9.17) is 9.40 Å². The summed E-state index contributed by atoms with van der Waals surface area (Å²) in [6.07, 6.45) is 2.36. The van der Waals surface area contributed by atoms with E-state index < -0.39 is 0 Å². The molecule has 0 bridgehead atoms. The SMILES string of the molecule is Cc1nc(-c2ccc(-c3ccccc3)cc2)sc1-c1nnc(N2CCCC2)o1. The average Bonchev–Trinajstić information content (AvgIpc) is 3.49. The second-order valence-corrected chi connectivity index (χ2v) is 7.96. The fourth-order valence-corrected chi connectivity index (χ4v) is 4.49. The van der Waals surface area contributed by atoms with Crippen LogP contribution in [0.25, 0.3) is 32.5 Å². The van der Waals surface area contributed by atoms with Crippen molar-refractivity contribution in [2.75, 3.05) is 18.0 Å². The summed E-state index contributed by atoms with van der Waals surface area (Å²) in [7, 11) is 0. The van der Waals surface area contributed by atoms with Gasteiger partial charge in [-0.3, -0.25) is 0 Å². The largest absolute Gasteiger partial charge is 0.402 e. The molecule has 6 heteroatoms. The Labute approximate surface area is 167 Å². The Morgan fingerprint density at radius 3 is 2.29 bits per heavy atom. The van der Waals surface area contributed by atoms with Crippen LogP contribution in [0.5, 0.6) is 0 Å². The highest BCUT2D eigenvalue weighted by Gasteiger charge is 2.21. The third-order valence-corrected chi connectivity index (χ3v) is 6.22. The zero-order valence-electron chi connectivity index (χ0n) is 15.6. The van der Waals surface area contributed by atoms with Crippen molar-refractivity contribution in [3.8, 4) is 32.5 Å². The first-order valence-electron chi connectivity index (χ1n) is 9.50. The van der Waals surface area contributed by atoms with E-state index in [2.05, 4.69) is 63.6 Å². The molecule has 1 aliphatic heterocycles. The number of hydrogen-bond acceptors (Lipinski definition) is 6. The quantitative estimate of drug-likeness (QED) is 0.466. The van der Waals surface area contributed by atoms with Crippen molar-refractivity contribution < 1.29 is 4.42 Å². The molecule has 140 valence electrons. The summed E-state index contributed by atoms with van der Waals surface area (Å²) < 4.78 is 5.93. The van der Waals surface area contributed by atoms with Crippen LogP contribution in [0.2, 0.25) is 0 Å². The monoisotopic (exact) mass is 388 g/mol. The van der Waals surface area contributed by atoms with Crippen LogP contribution in [0.3, 0.4) is 0 Å². The summed E-state index contributed by atoms with van der Waals surface area (Å²) in [6.45, 7) is 3.97. The van der Waals surface area contributed by atoms with Crippen LogP contribution >= 0.6 is 11.3 Å². The van der Waals surface area contributed by atoms with E-state index >= 15 is 0 Å². The lowest BCUT2D eigenvalue weighted by Crippen LogP contribution is -2.17. The first-order chi connectivity index (χ1) is 13.8. The molecule has 3 heterocycles. The maximum absolute atomic E-state index is 5.93. The Hall–Kier alpha value is -2.99. The number of benzene rings is 2. The van der Waals surface area contributed by atoms with E-state index in [0.29, 0.717) is 11.9 Å². The van der Waals surface area contributed by atoms with Crippen LogP contribution < -0.4 is 4.90 Å². The molecule has 1 aliphatic rings. The molecule has 1 saturated heterocycles. The molecule has 2 aromatic carbocycles. The summed E-state index contributed by atoms with van der Waals surface area (Å²) in [5.41, 5.74) is 4.43. The van der Waals surface area contributed by atoms with Crippen LogP contribution in [-0.4, -0.2) is 28.3 Å². The molecule has 0 saturated carbocycles. The first kappa shape index (κ1) is 17.1. The number of nitrogens with zero attached hydrogens (tertiary/aromatic N) is 4. The van der Waals surface area contributed by atoms with Crippen molar-refractivity contribution in [3.05, 3.63) is 60.3 Å². The Morgan fingerprint density at radius 2 is 1.54 bits per heavy atom. The first-order valence-corrected chi connectivity index (χ1v) is 10.3. The van der Waals surface area contributed by atoms with Gasteiger partial charge in [0.2, 0.25) is 0 Å². The minimum absolute atomic E-state index is 0.559. The molecule has 1 fully saturated rings. The molecule has 28 heavy (non-hydrogen) atoms. The van der Waals surface area contributed by atoms with E-state index in [1.807, 2.05) is 13.0 Å². The highest BCUT2D eigenvalue weighted by molar-refractivity contribution is 7.18. The van der Waals surface area contributed by atoms with Crippen molar-refractivity contribution in [2.24, 2.45) is 0 Å². The van der Waals surface area contributed by atoms with Crippen molar-refractivity contribution in [3.63, 3.8) is 0 Å². The molecule has 0 spiro atoms. The van der Waals surface area contributed by atoms with Gasteiger partial charge >= 0.3 is 6.01 Å². The van der Waals surface area contributed by atoms with Crippen molar-refractivity contribution >= 4 is 17.4 Å². The van der Waals surface area contributed by atoms with Crippen molar-refractivity contribution in [1.29, 1.82) is 0 Å². The standard InChI is InChI=1S/C22H20N4OS/c1-15-19(20-24-25-22(27-20)26-13-5-6-14-26)28-21(23-15)18-11-9-17(10-12-18)16-7-3-2-4-8-16/h2-4,7-12H,5-6,13-14H2,1H3. The highest BCUT2D eigenvalue weighted by atomic mass is 32.1. The molecule has 0 aliphatic carbocycles. The molecule has 0 atom stereocenters. The van der Waals surface area contributed by atoms with Crippen molar-refractivity contribution in [1.82, 2.24) is 15.2 Å². The van der Waals surface area contributed by atoms with Gasteiger partial charge < -0.3 is 9.32 Å². The van der Waals surface area contributed by atoms with Crippen molar-refractivity contribution in [2.45, 2.75) is 19.8 Å². The summed E-state index contributed by atoms with van der Waals surface area (Å²) in [5.74, 6) is 0.559. The Kier molecular flexibility index (Phi) is 4.41. The zero-order valence-corrected chi connectivity index (χ0v) is 16.4. The minimum atomic E-state index is 0.559. The molecule has 5 rings (SSSR count). The Morgan fingerprint density at radius 1 is 0.857 bits per heavy atom. The summed E-state index contributed by atoms with van der Waals surface area (Å²) in [6, 6.07) is 19.5. The molecule has 2 aromatic heterocycles. The third-order valence-electron chi connectivity index (χ3n) is 5.02. The van der Waals surface area contributed by atoms with Gasteiger partial charge in [0, 0.05) is 18.7 Å². The number of aryl methyl sites for hydroxylation is 1. The van der Waals surface area contributed by atoms with Crippen LogP contribution in [0.15, 0.2) is 59.0 Å². The van der Waals surface area contributed by atoms with Crippen LogP contribution in [0.4, 0.5) is 6.01 Å². The van der Waals surface area contributed by atoms with Gasteiger partial charge in [0.25, 0.3) is 5.89 Å². The van der Waals surface area contributed by atoms with E-state index in [1.54, 1.807) is 11.3 Å². The molecule has 0 amide bonds. The van der Waals surface area contributed by atoms with Gasteiger partial charge in [0.05, 0.1) is 5.69 Å². The second-order valence-electron chi connectivity index (χ2n) is 6.96. The van der Waals surface area contributed by atoms with Gasteiger partial charge in [-0.1, -0.05) is 59.7 Å². The molecule has 5 nitrogen and oxygen atoms in total. The van der Waals surface area contributed by atoms with E-state index in [-0.39, 0.29) is 0 Å². The summed E-state index contributed by atoms with van der Waals surface area (Å²) in [4.78, 5) is 7.84. The highest BCUT2D eigenvalue weighted by Crippen LogP contribution is 2.36. The normalized spacial score (nSPS) is 14.0. The Bertz CT molecular complexity index is 1080. The van der Waals surface area contributed by atoms with E-state index in [0.717, 1.165) is 34.2 Å². The lowest BCUT2D eigenvalue weighted by Gasteiger charge is -2.09. The fraction of sp³-hybridized carbons (Fsp3) is 0.227. The third kappa shape index (κ3) is 3.20. The smallest absolute Gasteiger partial charge is 0.318 e.